The van der Waals surface area contributed by atoms with Gasteiger partial charge in [-0.15, -0.1) is 0 Å². The average Bonchev–Trinajstić information content (AvgIpc) is 3.44. The van der Waals surface area contributed by atoms with Crippen LogP contribution in [0.15, 0.2) is 36.8 Å². The van der Waals surface area contributed by atoms with Gasteiger partial charge in [-0.2, -0.15) is 18.3 Å². The molecular weight excluding hydrogens is 509 g/mol. The minimum absolute atomic E-state index is 0.0821. The highest BCUT2D eigenvalue weighted by molar-refractivity contribution is 5.85. The van der Waals surface area contributed by atoms with E-state index in [1.54, 1.807) is 16.8 Å². The first-order valence-electron chi connectivity index (χ1n) is 13.9. The molecule has 1 saturated carbocycles. The van der Waals surface area contributed by atoms with Gasteiger partial charge in [0.15, 0.2) is 17.2 Å². The van der Waals surface area contributed by atoms with Crippen molar-refractivity contribution in [2.45, 2.75) is 44.3 Å². The Morgan fingerprint density at radius 2 is 1.85 bits per heavy atom. The molecule has 0 bridgehead atoms. The van der Waals surface area contributed by atoms with Crippen molar-refractivity contribution >= 4 is 11.0 Å². The summed E-state index contributed by atoms with van der Waals surface area (Å²) >= 11 is 0. The largest absolute Gasteiger partial charge is 0.480 e. The van der Waals surface area contributed by atoms with Gasteiger partial charge in [0.25, 0.3) is 0 Å². The zero-order chi connectivity index (χ0) is 29.4. The summed E-state index contributed by atoms with van der Waals surface area (Å²) in [5.74, 6) is 0.573. The first-order valence-corrected chi connectivity index (χ1v) is 12.4. The molecule has 5 aromatic rings. The van der Waals surface area contributed by atoms with Crippen molar-refractivity contribution in [1.82, 2.24) is 39.3 Å². The topological polar surface area (TPSA) is 96.4 Å². The molecule has 198 valence electrons. The van der Waals surface area contributed by atoms with Crippen molar-refractivity contribution in [3.63, 3.8) is 0 Å². The molecule has 0 aliphatic heterocycles. The van der Waals surface area contributed by atoms with Gasteiger partial charge in [-0.3, -0.25) is 0 Å². The molecule has 7 rings (SSSR count). The fourth-order valence-corrected chi connectivity index (χ4v) is 5.17. The van der Waals surface area contributed by atoms with Crippen molar-refractivity contribution in [2.24, 2.45) is 7.05 Å². The summed E-state index contributed by atoms with van der Waals surface area (Å²) in [6, 6.07) is 7.09. The molecule has 4 heterocycles. The van der Waals surface area contributed by atoms with E-state index in [9.17, 15) is 13.2 Å². The number of rotatable bonds is 6. The first kappa shape index (κ1) is 20.6. The number of hydrogen-bond donors (Lipinski definition) is 0. The molecule has 2 aliphatic carbocycles. The molecule has 0 radical (unpaired) electrons. The molecule has 1 fully saturated rings. The summed E-state index contributed by atoms with van der Waals surface area (Å²) in [4.78, 5) is 22.0. The SMILES string of the molecule is [2H]C([2H])([2H])Oc1ncnc(C2CC2)c1-c1nc2c3c(nn(Cc4ccc(-c5nc(C(F)(F)F)cn5C)cc4)c3n1)CC2. The van der Waals surface area contributed by atoms with E-state index in [0.29, 0.717) is 47.7 Å². The molecule has 0 unspecified atom stereocenters. The Balaban J connectivity index is 1.26. The maximum absolute atomic E-state index is 13.1. The molecule has 0 atom stereocenters. The van der Waals surface area contributed by atoms with Gasteiger partial charge in [0.2, 0.25) is 5.88 Å². The summed E-state index contributed by atoms with van der Waals surface area (Å²) in [6.45, 7) is 0.348. The van der Waals surface area contributed by atoms with Crippen molar-refractivity contribution in [1.29, 1.82) is 0 Å². The Morgan fingerprint density at radius 3 is 2.56 bits per heavy atom. The minimum atomic E-state index is -4.52. The minimum Gasteiger partial charge on any atom is -0.480 e. The molecule has 0 amide bonds. The van der Waals surface area contributed by atoms with Crippen LogP contribution in [0.5, 0.6) is 5.88 Å². The third kappa shape index (κ3) is 4.01. The molecule has 9 nitrogen and oxygen atoms in total. The van der Waals surface area contributed by atoms with Gasteiger partial charge in [-0.25, -0.2) is 29.6 Å². The predicted molar refractivity (Wildman–Crippen MR) is 135 cm³/mol. The lowest BCUT2D eigenvalue weighted by molar-refractivity contribution is -0.140. The van der Waals surface area contributed by atoms with Crippen LogP contribution in [0.3, 0.4) is 0 Å². The molecular formula is C27H23F3N8O. The second-order valence-corrected chi connectivity index (χ2v) is 9.87. The van der Waals surface area contributed by atoms with Gasteiger partial charge >= 0.3 is 6.18 Å². The Labute approximate surface area is 225 Å². The van der Waals surface area contributed by atoms with E-state index < -0.39 is 18.9 Å². The number of aryl methyl sites for hydroxylation is 3. The highest BCUT2D eigenvalue weighted by atomic mass is 19.4. The van der Waals surface area contributed by atoms with Crippen LogP contribution in [-0.2, 0) is 32.6 Å². The standard InChI is InChI=1S/C27H23F3N8O/c1-37-12-19(27(28,29)30)34-24(37)16-5-3-14(4-6-16)11-38-25-20-17(9-10-18(20)36-38)33-23(35-25)21-22(15-7-8-15)31-13-32-26(21)39-2/h3-6,12-13,15H,7-11H2,1-2H3/i2D3. The molecule has 0 spiro atoms. The number of benzene rings is 1. The number of imidazole rings is 1. The van der Waals surface area contributed by atoms with Crippen LogP contribution >= 0.6 is 0 Å². The number of methoxy groups -OCH3 is 1. The van der Waals surface area contributed by atoms with Crippen LogP contribution in [0.2, 0.25) is 0 Å². The summed E-state index contributed by atoms with van der Waals surface area (Å²) < 4.78 is 70.6. The molecule has 39 heavy (non-hydrogen) atoms. The lowest BCUT2D eigenvalue weighted by Gasteiger charge is -2.12. The van der Waals surface area contributed by atoms with Crippen LogP contribution in [0, 0.1) is 0 Å². The molecule has 2 aliphatic rings. The zero-order valence-corrected chi connectivity index (χ0v) is 20.7. The number of nitrogens with zero attached hydrogens (tertiary/aromatic N) is 8. The van der Waals surface area contributed by atoms with Crippen LogP contribution in [0.4, 0.5) is 13.2 Å². The second kappa shape index (κ2) is 8.58. The maximum atomic E-state index is 13.1. The van der Waals surface area contributed by atoms with Gasteiger partial charge in [0.1, 0.15) is 17.7 Å². The van der Waals surface area contributed by atoms with Crippen LogP contribution in [0.1, 0.15) is 51.2 Å². The molecule has 1 aromatic carbocycles. The highest BCUT2D eigenvalue weighted by Gasteiger charge is 2.35. The first-order chi connectivity index (χ1) is 19.9. The van der Waals surface area contributed by atoms with Crippen molar-refractivity contribution < 1.29 is 22.0 Å². The van der Waals surface area contributed by atoms with E-state index in [2.05, 4.69) is 15.0 Å². The Morgan fingerprint density at radius 1 is 1.05 bits per heavy atom. The Bertz CT molecular complexity index is 1840. The van der Waals surface area contributed by atoms with E-state index in [-0.39, 0.29) is 17.6 Å². The summed E-state index contributed by atoms with van der Waals surface area (Å²) in [5.41, 5.74) is 3.79. The zero-order valence-electron chi connectivity index (χ0n) is 23.7. The number of halogens is 3. The lowest BCUT2D eigenvalue weighted by Crippen LogP contribution is -2.08. The fraction of sp³-hybridized carbons (Fsp3) is 0.333. The monoisotopic (exact) mass is 535 g/mol. The number of ether oxygens (including phenoxy) is 1. The third-order valence-electron chi connectivity index (χ3n) is 7.18. The summed E-state index contributed by atoms with van der Waals surface area (Å²) in [7, 11) is -1.19. The van der Waals surface area contributed by atoms with Crippen molar-refractivity contribution in [2.75, 3.05) is 7.04 Å². The molecule has 0 saturated heterocycles. The number of alkyl halides is 3. The van der Waals surface area contributed by atoms with E-state index >= 15 is 0 Å². The number of aromatic nitrogens is 8. The van der Waals surface area contributed by atoms with Crippen molar-refractivity contribution in [3.8, 4) is 28.7 Å². The highest BCUT2D eigenvalue weighted by Crippen LogP contribution is 2.45. The van der Waals surface area contributed by atoms with Crippen LogP contribution in [0.25, 0.3) is 33.8 Å². The summed E-state index contributed by atoms with van der Waals surface area (Å²) in [5, 5.41) is 5.65. The lowest BCUT2D eigenvalue weighted by atomic mass is 10.1. The Hall–Kier alpha value is -4.35. The maximum Gasteiger partial charge on any atom is 0.434 e. The molecule has 12 heteroatoms. The van der Waals surface area contributed by atoms with Crippen LogP contribution < -0.4 is 4.74 Å². The second-order valence-electron chi connectivity index (χ2n) is 9.87. The predicted octanol–water partition coefficient (Wildman–Crippen LogP) is 4.74. The van der Waals surface area contributed by atoms with Gasteiger partial charge < -0.3 is 9.30 Å². The fourth-order valence-electron chi connectivity index (χ4n) is 5.17. The smallest absolute Gasteiger partial charge is 0.434 e. The van der Waals surface area contributed by atoms with Gasteiger partial charge in [0.05, 0.1) is 40.2 Å². The van der Waals surface area contributed by atoms with Gasteiger partial charge in [0, 0.05) is 24.7 Å². The quantitative estimate of drug-likeness (QED) is 0.310. The normalized spacial score (nSPS) is 16.4. The molecule has 4 aromatic heterocycles. The van der Waals surface area contributed by atoms with Gasteiger partial charge in [-0.1, -0.05) is 24.3 Å². The van der Waals surface area contributed by atoms with Gasteiger partial charge in [-0.05, 0) is 31.2 Å². The van der Waals surface area contributed by atoms with Crippen molar-refractivity contribution in [3.05, 3.63) is 65.1 Å². The number of hydrogen-bond acceptors (Lipinski definition) is 7. The average molecular weight is 536 g/mol. The third-order valence-corrected chi connectivity index (χ3v) is 7.18. The Kier molecular flexibility index (Phi) is 4.53. The van der Waals surface area contributed by atoms with E-state index in [1.165, 1.54) is 17.9 Å². The van der Waals surface area contributed by atoms with E-state index in [1.807, 2.05) is 12.1 Å². The van der Waals surface area contributed by atoms with Crippen LogP contribution in [-0.4, -0.2) is 46.3 Å². The van der Waals surface area contributed by atoms with E-state index in [0.717, 1.165) is 41.4 Å². The van der Waals surface area contributed by atoms with E-state index in [4.69, 9.17) is 23.9 Å². The molecule has 0 N–H and O–H groups in total. The summed E-state index contributed by atoms with van der Waals surface area (Å²) in [6.07, 6.45) is 0.941.